The Kier molecular flexibility index (Phi) is 2.80. The number of alkyl halides is 3. The quantitative estimate of drug-likeness (QED) is 0.709. The molecule has 1 aromatic rings. The summed E-state index contributed by atoms with van der Waals surface area (Å²) in [5.41, 5.74) is 2.20. The van der Waals surface area contributed by atoms with Crippen molar-refractivity contribution in [1.82, 2.24) is 4.90 Å². The van der Waals surface area contributed by atoms with Crippen molar-refractivity contribution in [3.8, 4) is 0 Å². The second-order valence-electron chi connectivity index (χ2n) is 5.22. The van der Waals surface area contributed by atoms with E-state index in [1.165, 1.54) is 0 Å². The van der Waals surface area contributed by atoms with Crippen LogP contribution in [0.4, 0.5) is 13.2 Å². The summed E-state index contributed by atoms with van der Waals surface area (Å²) >= 11 is 0. The zero-order valence-corrected chi connectivity index (χ0v) is 10.3. The van der Waals surface area contributed by atoms with E-state index in [9.17, 15) is 18.0 Å². The van der Waals surface area contributed by atoms with Crippen LogP contribution in [0.2, 0.25) is 0 Å². The predicted octanol–water partition coefficient (Wildman–Crippen LogP) is 2.88. The molecule has 2 nitrogen and oxygen atoms in total. The van der Waals surface area contributed by atoms with Gasteiger partial charge in [-0.05, 0) is 30.4 Å². The van der Waals surface area contributed by atoms with Gasteiger partial charge < -0.3 is 4.90 Å². The maximum atomic E-state index is 12.6. The SMILES string of the molecule is O=C(N1CCC[C@@H]2c3ccccc3C[C@@H]21)C(F)(F)F. The zero-order valence-electron chi connectivity index (χ0n) is 10.3. The first-order valence-electron chi connectivity index (χ1n) is 6.44. The van der Waals surface area contributed by atoms with Crippen LogP contribution in [0, 0.1) is 0 Å². The number of carbonyl (C=O) groups excluding carboxylic acids is 1. The van der Waals surface area contributed by atoms with E-state index in [2.05, 4.69) is 0 Å². The Morgan fingerprint density at radius 1 is 1.26 bits per heavy atom. The lowest BCUT2D eigenvalue weighted by molar-refractivity contribution is -0.189. The summed E-state index contributed by atoms with van der Waals surface area (Å²) in [7, 11) is 0. The second-order valence-corrected chi connectivity index (χ2v) is 5.22. The zero-order chi connectivity index (χ0) is 13.6. The van der Waals surface area contributed by atoms with Crippen molar-refractivity contribution >= 4 is 5.91 Å². The molecule has 0 saturated carbocycles. The fourth-order valence-electron chi connectivity index (χ4n) is 3.39. The van der Waals surface area contributed by atoms with Crippen LogP contribution >= 0.6 is 0 Å². The van der Waals surface area contributed by atoms with Crippen LogP contribution in [0.3, 0.4) is 0 Å². The van der Waals surface area contributed by atoms with Gasteiger partial charge in [0.25, 0.3) is 0 Å². The number of rotatable bonds is 0. The molecule has 2 aliphatic rings. The molecule has 102 valence electrons. The molecular formula is C14H14F3NO. The van der Waals surface area contributed by atoms with E-state index in [1.54, 1.807) is 0 Å². The van der Waals surface area contributed by atoms with Crippen molar-refractivity contribution in [2.45, 2.75) is 37.4 Å². The van der Waals surface area contributed by atoms with Crippen LogP contribution in [-0.2, 0) is 11.2 Å². The van der Waals surface area contributed by atoms with Gasteiger partial charge in [0.05, 0.1) is 0 Å². The van der Waals surface area contributed by atoms with Crippen molar-refractivity contribution in [3.63, 3.8) is 0 Å². The topological polar surface area (TPSA) is 20.3 Å². The Hall–Kier alpha value is -1.52. The summed E-state index contributed by atoms with van der Waals surface area (Å²) in [6.07, 6.45) is -2.72. The van der Waals surface area contributed by atoms with E-state index in [0.29, 0.717) is 12.8 Å². The molecule has 1 saturated heterocycles. The summed E-state index contributed by atoms with van der Waals surface area (Å²) in [6, 6.07) is 7.41. The molecule has 1 heterocycles. The number of benzene rings is 1. The number of amides is 1. The van der Waals surface area contributed by atoms with Crippen LogP contribution in [0.1, 0.15) is 29.9 Å². The van der Waals surface area contributed by atoms with Gasteiger partial charge in [0.1, 0.15) is 0 Å². The fourth-order valence-corrected chi connectivity index (χ4v) is 3.39. The van der Waals surface area contributed by atoms with Gasteiger partial charge in [0.2, 0.25) is 0 Å². The number of fused-ring (bicyclic) bond motifs is 3. The lowest BCUT2D eigenvalue weighted by Gasteiger charge is -2.38. The molecule has 19 heavy (non-hydrogen) atoms. The van der Waals surface area contributed by atoms with Crippen molar-refractivity contribution < 1.29 is 18.0 Å². The Morgan fingerprint density at radius 3 is 2.74 bits per heavy atom. The van der Waals surface area contributed by atoms with Gasteiger partial charge >= 0.3 is 12.1 Å². The lowest BCUT2D eigenvalue weighted by atomic mass is 9.88. The number of nitrogens with zero attached hydrogens (tertiary/aromatic N) is 1. The van der Waals surface area contributed by atoms with E-state index in [4.69, 9.17) is 0 Å². The fraction of sp³-hybridized carbons (Fsp3) is 0.500. The van der Waals surface area contributed by atoms with Gasteiger partial charge in [0.15, 0.2) is 0 Å². The first-order valence-corrected chi connectivity index (χ1v) is 6.44. The van der Waals surface area contributed by atoms with Gasteiger partial charge in [-0.2, -0.15) is 13.2 Å². The standard InChI is InChI=1S/C14H14F3NO/c15-14(16,17)13(19)18-7-3-6-11-10-5-2-1-4-9(10)8-12(11)18/h1-2,4-5,11-12H,3,6-8H2/t11-,12+/m1/s1. The number of hydrogen-bond donors (Lipinski definition) is 0. The predicted molar refractivity (Wildman–Crippen MR) is 63.7 cm³/mol. The summed E-state index contributed by atoms with van der Waals surface area (Å²) in [6.45, 7) is 0.216. The van der Waals surface area contributed by atoms with Crippen molar-refractivity contribution in [2.24, 2.45) is 0 Å². The molecule has 1 aliphatic heterocycles. The Balaban J connectivity index is 1.90. The normalized spacial score (nSPS) is 25.9. The van der Waals surface area contributed by atoms with Crippen molar-refractivity contribution in [2.75, 3.05) is 6.54 Å². The minimum atomic E-state index is -4.77. The summed E-state index contributed by atoms with van der Waals surface area (Å²) in [5, 5.41) is 0. The molecule has 1 aliphatic carbocycles. The third-order valence-electron chi connectivity index (χ3n) is 4.17. The Morgan fingerprint density at radius 2 is 2.00 bits per heavy atom. The summed E-state index contributed by atoms with van der Waals surface area (Å²) < 4.78 is 37.9. The largest absolute Gasteiger partial charge is 0.471 e. The van der Waals surface area contributed by atoms with Crippen LogP contribution < -0.4 is 0 Å². The number of likely N-dealkylation sites (tertiary alicyclic amines) is 1. The second kappa shape index (κ2) is 4.25. The number of carbonyl (C=O) groups is 1. The maximum absolute atomic E-state index is 12.6. The summed E-state index contributed by atoms with van der Waals surface area (Å²) in [5.74, 6) is -1.62. The van der Waals surface area contributed by atoms with E-state index in [1.807, 2.05) is 24.3 Å². The van der Waals surface area contributed by atoms with Gasteiger partial charge in [-0.3, -0.25) is 4.79 Å². The highest BCUT2D eigenvalue weighted by Crippen LogP contribution is 2.42. The molecule has 1 aromatic carbocycles. The minimum absolute atomic E-state index is 0.0660. The number of hydrogen-bond acceptors (Lipinski definition) is 1. The molecule has 0 spiro atoms. The van der Waals surface area contributed by atoms with Gasteiger partial charge in [-0.1, -0.05) is 24.3 Å². The van der Waals surface area contributed by atoms with Crippen LogP contribution in [0.15, 0.2) is 24.3 Å². The average molecular weight is 269 g/mol. The molecule has 1 amide bonds. The number of piperidine rings is 1. The van der Waals surface area contributed by atoms with Gasteiger partial charge in [-0.15, -0.1) is 0 Å². The lowest BCUT2D eigenvalue weighted by Crippen LogP contribution is -2.51. The molecule has 1 fully saturated rings. The highest BCUT2D eigenvalue weighted by molar-refractivity contribution is 5.82. The third-order valence-corrected chi connectivity index (χ3v) is 4.17. The first kappa shape index (κ1) is 12.5. The number of halogens is 3. The summed E-state index contributed by atoms with van der Waals surface area (Å²) in [4.78, 5) is 12.6. The third kappa shape index (κ3) is 2.01. The first-order chi connectivity index (χ1) is 8.98. The van der Waals surface area contributed by atoms with Gasteiger partial charge in [-0.25, -0.2) is 0 Å². The highest BCUT2D eigenvalue weighted by atomic mass is 19.4. The smallest absolute Gasteiger partial charge is 0.331 e. The molecule has 0 unspecified atom stereocenters. The van der Waals surface area contributed by atoms with E-state index in [-0.39, 0.29) is 18.5 Å². The molecule has 0 aromatic heterocycles. The molecular weight excluding hydrogens is 255 g/mol. The molecule has 3 rings (SSSR count). The van der Waals surface area contributed by atoms with Crippen LogP contribution in [0.5, 0.6) is 0 Å². The molecule has 0 radical (unpaired) electrons. The van der Waals surface area contributed by atoms with Crippen molar-refractivity contribution in [3.05, 3.63) is 35.4 Å². The van der Waals surface area contributed by atoms with Crippen molar-refractivity contribution in [1.29, 1.82) is 0 Å². The minimum Gasteiger partial charge on any atom is -0.331 e. The maximum Gasteiger partial charge on any atom is 0.471 e. The molecule has 5 heteroatoms. The Labute approximate surface area is 109 Å². The highest BCUT2D eigenvalue weighted by Gasteiger charge is 2.49. The molecule has 0 bridgehead atoms. The van der Waals surface area contributed by atoms with E-state index >= 15 is 0 Å². The molecule has 0 N–H and O–H groups in total. The van der Waals surface area contributed by atoms with E-state index in [0.717, 1.165) is 22.4 Å². The van der Waals surface area contributed by atoms with Crippen LogP contribution in [-0.4, -0.2) is 29.6 Å². The Bertz CT molecular complexity index is 512. The van der Waals surface area contributed by atoms with Gasteiger partial charge in [0, 0.05) is 18.5 Å². The monoisotopic (exact) mass is 269 g/mol. The van der Waals surface area contributed by atoms with E-state index < -0.39 is 12.1 Å². The molecule has 2 atom stereocenters. The van der Waals surface area contributed by atoms with Crippen LogP contribution in [0.25, 0.3) is 0 Å². The average Bonchev–Trinajstić information content (AvgIpc) is 2.75.